The van der Waals surface area contributed by atoms with E-state index < -0.39 is 0 Å². The first-order chi connectivity index (χ1) is 7.24. The molecule has 0 spiro atoms. The average Bonchev–Trinajstić information content (AvgIpc) is 2.71. The molecule has 0 atom stereocenters. The van der Waals surface area contributed by atoms with E-state index in [1.807, 2.05) is 18.7 Å². The summed E-state index contributed by atoms with van der Waals surface area (Å²) in [6, 6.07) is 0. The Morgan fingerprint density at radius 1 is 1.47 bits per heavy atom. The molecule has 1 aliphatic carbocycles. The number of hydrogen-bond donors (Lipinski definition) is 0. The van der Waals surface area contributed by atoms with Gasteiger partial charge in [0.05, 0.1) is 6.61 Å². The molecule has 0 amide bonds. The summed E-state index contributed by atoms with van der Waals surface area (Å²) in [5, 5.41) is 0. The van der Waals surface area contributed by atoms with Gasteiger partial charge in [-0.1, -0.05) is 19.4 Å². The fraction of sp³-hybridized carbons (Fsp3) is 0.750. The molecule has 0 saturated heterocycles. The summed E-state index contributed by atoms with van der Waals surface area (Å²) in [6.45, 7) is 5.99. The Morgan fingerprint density at radius 2 is 2.13 bits per heavy atom. The van der Waals surface area contributed by atoms with Crippen molar-refractivity contribution in [2.24, 2.45) is 5.92 Å². The first-order valence-electron chi connectivity index (χ1n) is 5.66. The van der Waals surface area contributed by atoms with Gasteiger partial charge in [-0.3, -0.25) is 0 Å². The molecule has 3 heteroatoms. The van der Waals surface area contributed by atoms with E-state index in [4.69, 9.17) is 4.74 Å². The largest absolute Gasteiger partial charge is 0.463 e. The number of carbonyl (C=O) groups is 1. The van der Waals surface area contributed by atoms with Crippen LogP contribution in [-0.2, 0) is 9.53 Å². The minimum absolute atomic E-state index is 0.239. The van der Waals surface area contributed by atoms with E-state index >= 15 is 0 Å². The number of thioether (sulfide) groups is 1. The van der Waals surface area contributed by atoms with Crippen molar-refractivity contribution in [2.45, 2.75) is 32.6 Å². The highest BCUT2D eigenvalue weighted by Crippen LogP contribution is 2.28. The van der Waals surface area contributed by atoms with Gasteiger partial charge in [0.25, 0.3) is 0 Å². The van der Waals surface area contributed by atoms with Crippen molar-refractivity contribution in [3.05, 3.63) is 12.2 Å². The Kier molecular flexibility index (Phi) is 5.84. The third kappa shape index (κ3) is 4.74. The van der Waals surface area contributed by atoms with E-state index in [0.29, 0.717) is 12.2 Å². The number of ether oxygens (including phenoxy) is 1. The molecule has 1 fully saturated rings. The maximum atomic E-state index is 11.2. The monoisotopic (exact) mass is 228 g/mol. The summed E-state index contributed by atoms with van der Waals surface area (Å²) >= 11 is 1.81. The van der Waals surface area contributed by atoms with Crippen LogP contribution in [0.4, 0.5) is 0 Å². The number of carbonyl (C=O) groups excluding carboxylic acids is 1. The highest BCUT2D eigenvalue weighted by molar-refractivity contribution is 7.99. The standard InChI is InChI=1S/C12H20O2S/c1-3-14-12(13)10(2)8-15-9-11-6-4-5-7-11/h11H,2-9H2,1H3. The molecule has 86 valence electrons. The molecule has 0 heterocycles. The van der Waals surface area contributed by atoms with Gasteiger partial charge in [0.1, 0.15) is 0 Å². The normalized spacial score (nSPS) is 16.6. The van der Waals surface area contributed by atoms with Crippen LogP contribution in [0, 0.1) is 5.92 Å². The molecule has 0 radical (unpaired) electrons. The second kappa shape index (κ2) is 6.94. The lowest BCUT2D eigenvalue weighted by atomic mass is 10.1. The van der Waals surface area contributed by atoms with Gasteiger partial charge in [0.15, 0.2) is 0 Å². The summed E-state index contributed by atoms with van der Waals surface area (Å²) in [4.78, 5) is 11.2. The van der Waals surface area contributed by atoms with Gasteiger partial charge in [-0.15, -0.1) is 0 Å². The van der Waals surface area contributed by atoms with Gasteiger partial charge in [-0.2, -0.15) is 11.8 Å². The van der Waals surface area contributed by atoms with Crippen LogP contribution in [0.25, 0.3) is 0 Å². The molecular weight excluding hydrogens is 208 g/mol. The van der Waals surface area contributed by atoms with Crippen molar-refractivity contribution in [2.75, 3.05) is 18.1 Å². The smallest absolute Gasteiger partial charge is 0.334 e. The van der Waals surface area contributed by atoms with Gasteiger partial charge >= 0.3 is 5.97 Å². The van der Waals surface area contributed by atoms with Crippen molar-refractivity contribution >= 4 is 17.7 Å². The second-order valence-corrected chi connectivity index (χ2v) is 5.02. The molecule has 0 bridgehead atoms. The lowest BCUT2D eigenvalue weighted by molar-refractivity contribution is -0.138. The molecule has 0 aliphatic heterocycles. The first-order valence-corrected chi connectivity index (χ1v) is 6.82. The molecular formula is C12H20O2S. The van der Waals surface area contributed by atoms with Crippen LogP contribution in [0.1, 0.15) is 32.6 Å². The quantitative estimate of drug-likeness (QED) is 0.516. The van der Waals surface area contributed by atoms with Crippen LogP contribution in [0.3, 0.4) is 0 Å². The summed E-state index contributed by atoms with van der Waals surface area (Å²) in [5.41, 5.74) is 0.597. The molecule has 0 aromatic rings. The summed E-state index contributed by atoms with van der Waals surface area (Å²) in [7, 11) is 0. The molecule has 0 aromatic carbocycles. The molecule has 0 N–H and O–H groups in total. The van der Waals surface area contributed by atoms with Gasteiger partial charge in [-0.05, 0) is 31.4 Å². The molecule has 1 saturated carbocycles. The maximum absolute atomic E-state index is 11.2. The van der Waals surface area contributed by atoms with Crippen LogP contribution in [0.15, 0.2) is 12.2 Å². The lowest BCUT2D eigenvalue weighted by Crippen LogP contribution is -2.09. The zero-order valence-corrected chi connectivity index (χ0v) is 10.3. The molecule has 1 rings (SSSR count). The molecule has 0 aromatic heterocycles. The number of hydrogen-bond acceptors (Lipinski definition) is 3. The van der Waals surface area contributed by atoms with E-state index in [1.165, 1.54) is 31.4 Å². The van der Waals surface area contributed by atoms with Crippen LogP contribution in [0.5, 0.6) is 0 Å². The highest BCUT2D eigenvalue weighted by Gasteiger charge is 2.15. The third-order valence-corrected chi connectivity index (χ3v) is 3.93. The summed E-state index contributed by atoms with van der Waals surface area (Å²) in [6.07, 6.45) is 5.48. The van der Waals surface area contributed by atoms with Gasteiger partial charge in [0, 0.05) is 11.3 Å². The predicted molar refractivity (Wildman–Crippen MR) is 65.1 cm³/mol. The minimum atomic E-state index is -0.239. The van der Waals surface area contributed by atoms with E-state index in [9.17, 15) is 4.79 Å². The third-order valence-electron chi connectivity index (χ3n) is 2.67. The Labute approximate surface area is 96.5 Å². The van der Waals surface area contributed by atoms with E-state index in [1.54, 1.807) is 0 Å². The Balaban J connectivity index is 2.08. The topological polar surface area (TPSA) is 26.3 Å². The molecule has 15 heavy (non-hydrogen) atoms. The van der Waals surface area contributed by atoms with Crippen LogP contribution < -0.4 is 0 Å². The number of esters is 1. The lowest BCUT2D eigenvalue weighted by Gasteiger charge is -2.09. The van der Waals surface area contributed by atoms with Gasteiger partial charge < -0.3 is 4.74 Å². The van der Waals surface area contributed by atoms with E-state index in [2.05, 4.69) is 6.58 Å². The number of rotatable bonds is 6. The predicted octanol–water partition coefficient (Wildman–Crippen LogP) is 3.03. The molecule has 2 nitrogen and oxygen atoms in total. The first kappa shape index (κ1) is 12.6. The average molecular weight is 228 g/mol. The van der Waals surface area contributed by atoms with Gasteiger partial charge in [0.2, 0.25) is 0 Å². The zero-order valence-electron chi connectivity index (χ0n) is 9.46. The van der Waals surface area contributed by atoms with Crippen LogP contribution in [0.2, 0.25) is 0 Å². The second-order valence-electron chi connectivity index (χ2n) is 3.99. The SMILES string of the molecule is C=C(CSCC1CCCC1)C(=O)OCC. The Morgan fingerprint density at radius 3 is 2.73 bits per heavy atom. The van der Waals surface area contributed by atoms with Crippen molar-refractivity contribution in [1.29, 1.82) is 0 Å². The van der Waals surface area contributed by atoms with Crippen molar-refractivity contribution in [1.82, 2.24) is 0 Å². The zero-order chi connectivity index (χ0) is 11.1. The van der Waals surface area contributed by atoms with Gasteiger partial charge in [-0.25, -0.2) is 4.79 Å². The molecule has 0 unspecified atom stereocenters. The summed E-state index contributed by atoms with van der Waals surface area (Å²) < 4.78 is 4.87. The Hall–Kier alpha value is -0.440. The molecule has 1 aliphatic rings. The van der Waals surface area contributed by atoms with E-state index in [0.717, 1.165) is 11.7 Å². The fourth-order valence-electron chi connectivity index (χ4n) is 1.82. The van der Waals surface area contributed by atoms with Crippen LogP contribution in [-0.4, -0.2) is 24.1 Å². The Bertz CT molecular complexity index is 220. The highest BCUT2D eigenvalue weighted by atomic mass is 32.2. The maximum Gasteiger partial charge on any atom is 0.334 e. The van der Waals surface area contributed by atoms with Crippen molar-refractivity contribution in [3.8, 4) is 0 Å². The van der Waals surface area contributed by atoms with Crippen molar-refractivity contribution in [3.63, 3.8) is 0 Å². The van der Waals surface area contributed by atoms with Crippen molar-refractivity contribution < 1.29 is 9.53 Å². The van der Waals surface area contributed by atoms with Crippen LogP contribution >= 0.6 is 11.8 Å². The van der Waals surface area contributed by atoms with E-state index in [-0.39, 0.29) is 5.97 Å². The minimum Gasteiger partial charge on any atom is -0.463 e. The summed E-state index contributed by atoms with van der Waals surface area (Å²) in [5.74, 6) is 2.51. The fourth-order valence-corrected chi connectivity index (χ4v) is 2.97.